The molecule has 0 bridgehead atoms. The standard InChI is InChI=1S/C15H32N2O/c1-12(2)10-15(11-18)16-14-6-5-8-17(9-7-14)13(3)4/h12-16,18H,5-11H2,1-4H3. The van der Waals surface area contributed by atoms with E-state index in [4.69, 9.17) is 0 Å². The Bertz CT molecular complexity index is 219. The van der Waals surface area contributed by atoms with Crippen LogP contribution in [-0.4, -0.2) is 47.8 Å². The number of rotatable bonds is 6. The maximum absolute atomic E-state index is 9.44. The fourth-order valence-corrected chi connectivity index (χ4v) is 2.90. The number of likely N-dealkylation sites (tertiary alicyclic amines) is 1. The van der Waals surface area contributed by atoms with Crippen LogP contribution in [0.2, 0.25) is 0 Å². The number of aliphatic hydroxyl groups is 1. The van der Waals surface area contributed by atoms with E-state index >= 15 is 0 Å². The molecular formula is C15H32N2O. The van der Waals surface area contributed by atoms with Crippen LogP contribution in [0.15, 0.2) is 0 Å². The Labute approximate surface area is 113 Å². The highest BCUT2D eigenvalue weighted by Gasteiger charge is 2.21. The summed E-state index contributed by atoms with van der Waals surface area (Å²) < 4.78 is 0. The summed E-state index contributed by atoms with van der Waals surface area (Å²) in [6, 6.07) is 1.53. The highest BCUT2D eigenvalue weighted by molar-refractivity contribution is 4.80. The molecule has 1 heterocycles. The quantitative estimate of drug-likeness (QED) is 0.765. The Kier molecular flexibility index (Phi) is 7.20. The first-order valence-electron chi connectivity index (χ1n) is 7.63. The SMILES string of the molecule is CC(C)CC(CO)NC1CCCN(C(C)C)CC1. The highest BCUT2D eigenvalue weighted by atomic mass is 16.3. The molecule has 1 aliphatic rings. The monoisotopic (exact) mass is 256 g/mol. The van der Waals surface area contributed by atoms with E-state index in [1.54, 1.807) is 0 Å². The zero-order valence-electron chi connectivity index (χ0n) is 12.7. The van der Waals surface area contributed by atoms with Crippen molar-refractivity contribution in [2.75, 3.05) is 19.7 Å². The van der Waals surface area contributed by atoms with E-state index in [0.717, 1.165) is 6.42 Å². The molecule has 1 rings (SSSR count). The van der Waals surface area contributed by atoms with Gasteiger partial charge in [0.15, 0.2) is 0 Å². The molecule has 18 heavy (non-hydrogen) atoms. The van der Waals surface area contributed by atoms with Crippen molar-refractivity contribution in [1.82, 2.24) is 10.2 Å². The lowest BCUT2D eigenvalue weighted by Crippen LogP contribution is -2.42. The van der Waals surface area contributed by atoms with Crippen molar-refractivity contribution >= 4 is 0 Å². The summed E-state index contributed by atoms with van der Waals surface area (Å²) in [7, 11) is 0. The van der Waals surface area contributed by atoms with Gasteiger partial charge in [0.2, 0.25) is 0 Å². The average Bonchev–Trinajstić information content (AvgIpc) is 2.53. The molecule has 0 aromatic heterocycles. The number of hydrogen-bond acceptors (Lipinski definition) is 3. The van der Waals surface area contributed by atoms with Crippen LogP contribution in [-0.2, 0) is 0 Å². The van der Waals surface area contributed by atoms with Crippen molar-refractivity contribution in [3.8, 4) is 0 Å². The fraction of sp³-hybridized carbons (Fsp3) is 1.00. The molecule has 108 valence electrons. The van der Waals surface area contributed by atoms with Gasteiger partial charge in [-0.3, -0.25) is 0 Å². The zero-order chi connectivity index (χ0) is 13.5. The van der Waals surface area contributed by atoms with Gasteiger partial charge in [0.1, 0.15) is 0 Å². The summed E-state index contributed by atoms with van der Waals surface area (Å²) in [6.07, 6.45) is 4.81. The number of aliphatic hydroxyl groups excluding tert-OH is 1. The van der Waals surface area contributed by atoms with Crippen molar-refractivity contribution in [2.45, 2.75) is 71.5 Å². The first-order valence-corrected chi connectivity index (χ1v) is 7.63. The number of nitrogens with one attached hydrogen (secondary N) is 1. The smallest absolute Gasteiger partial charge is 0.0584 e. The van der Waals surface area contributed by atoms with Crippen LogP contribution in [0, 0.1) is 5.92 Å². The molecule has 0 saturated carbocycles. The lowest BCUT2D eigenvalue weighted by Gasteiger charge is -2.26. The molecule has 1 fully saturated rings. The lowest BCUT2D eigenvalue weighted by molar-refractivity contribution is 0.203. The Morgan fingerprint density at radius 3 is 2.44 bits per heavy atom. The Hall–Kier alpha value is -0.120. The summed E-state index contributed by atoms with van der Waals surface area (Å²) in [5.41, 5.74) is 0. The van der Waals surface area contributed by atoms with E-state index in [-0.39, 0.29) is 12.6 Å². The van der Waals surface area contributed by atoms with Crippen LogP contribution in [0.1, 0.15) is 53.4 Å². The molecule has 3 nitrogen and oxygen atoms in total. The largest absolute Gasteiger partial charge is 0.395 e. The summed E-state index contributed by atoms with van der Waals surface area (Å²) in [5, 5.41) is 13.1. The first-order chi connectivity index (χ1) is 8.52. The molecule has 2 N–H and O–H groups in total. The third kappa shape index (κ3) is 5.68. The molecule has 0 aromatic carbocycles. The number of nitrogens with zero attached hydrogens (tertiary/aromatic N) is 1. The predicted molar refractivity (Wildman–Crippen MR) is 77.8 cm³/mol. The first kappa shape index (κ1) is 15.9. The minimum Gasteiger partial charge on any atom is -0.395 e. The van der Waals surface area contributed by atoms with E-state index in [2.05, 4.69) is 37.9 Å². The molecule has 1 aliphatic heterocycles. The third-order valence-corrected chi connectivity index (χ3v) is 3.94. The highest BCUT2D eigenvalue weighted by Crippen LogP contribution is 2.15. The van der Waals surface area contributed by atoms with E-state index in [1.807, 2.05) is 0 Å². The normalized spacial score (nSPS) is 24.5. The van der Waals surface area contributed by atoms with Crippen molar-refractivity contribution in [3.05, 3.63) is 0 Å². The molecule has 0 aromatic rings. The van der Waals surface area contributed by atoms with Crippen LogP contribution in [0.25, 0.3) is 0 Å². The summed E-state index contributed by atoms with van der Waals surface area (Å²) in [6.45, 7) is 11.7. The molecule has 3 heteroatoms. The minimum absolute atomic E-state index is 0.266. The van der Waals surface area contributed by atoms with Crippen molar-refractivity contribution in [1.29, 1.82) is 0 Å². The second-order valence-electron chi connectivity index (χ2n) is 6.43. The summed E-state index contributed by atoms with van der Waals surface area (Å²) >= 11 is 0. The van der Waals surface area contributed by atoms with Gasteiger partial charge < -0.3 is 15.3 Å². The molecule has 0 amide bonds. The van der Waals surface area contributed by atoms with Gasteiger partial charge in [-0.25, -0.2) is 0 Å². The van der Waals surface area contributed by atoms with Crippen molar-refractivity contribution < 1.29 is 5.11 Å². The van der Waals surface area contributed by atoms with Gasteiger partial charge in [-0.15, -0.1) is 0 Å². The molecule has 0 aliphatic carbocycles. The van der Waals surface area contributed by atoms with Crippen LogP contribution < -0.4 is 5.32 Å². The van der Waals surface area contributed by atoms with Crippen molar-refractivity contribution in [2.24, 2.45) is 5.92 Å². The topological polar surface area (TPSA) is 35.5 Å². The summed E-state index contributed by atoms with van der Waals surface area (Å²) in [4.78, 5) is 2.57. The van der Waals surface area contributed by atoms with E-state index in [1.165, 1.54) is 32.4 Å². The van der Waals surface area contributed by atoms with Gasteiger partial charge in [-0.2, -0.15) is 0 Å². The van der Waals surface area contributed by atoms with Crippen LogP contribution in [0.5, 0.6) is 0 Å². The average molecular weight is 256 g/mol. The maximum atomic E-state index is 9.44. The minimum atomic E-state index is 0.266. The van der Waals surface area contributed by atoms with Crippen LogP contribution in [0.4, 0.5) is 0 Å². The Balaban J connectivity index is 2.38. The molecule has 2 atom stereocenters. The second-order valence-corrected chi connectivity index (χ2v) is 6.43. The Morgan fingerprint density at radius 2 is 1.89 bits per heavy atom. The summed E-state index contributed by atoms with van der Waals surface area (Å²) in [5.74, 6) is 0.646. The van der Waals surface area contributed by atoms with Gasteiger partial charge in [-0.05, 0) is 58.5 Å². The van der Waals surface area contributed by atoms with Gasteiger partial charge in [-0.1, -0.05) is 13.8 Å². The predicted octanol–water partition coefficient (Wildman–Crippen LogP) is 2.25. The molecular weight excluding hydrogens is 224 g/mol. The number of hydrogen-bond donors (Lipinski definition) is 2. The zero-order valence-corrected chi connectivity index (χ0v) is 12.7. The van der Waals surface area contributed by atoms with Gasteiger partial charge in [0, 0.05) is 18.1 Å². The van der Waals surface area contributed by atoms with Gasteiger partial charge >= 0.3 is 0 Å². The molecule has 0 radical (unpaired) electrons. The fourth-order valence-electron chi connectivity index (χ4n) is 2.90. The second kappa shape index (κ2) is 8.13. The van der Waals surface area contributed by atoms with E-state index in [0.29, 0.717) is 18.0 Å². The maximum Gasteiger partial charge on any atom is 0.0584 e. The van der Waals surface area contributed by atoms with Gasteiger partial charge in [0.25, 0.3) is 0 Å². The molecule has 0 spiro atoms. The van der Waals surface area contributed by atoms with Crippen LogP contribution in [0.3, 0.4) is 0 Å². The van der Waals surface area contributed by atoms with E-state index in [9.17, 15) is 5.11 Å². The lowest BCUT2D eigenvalue weighted by atomic mass is 10.0. The Morgan fingerprint density at radius 1 is 1.17 bits per heavy atom. The third-order valence-electron chi connectivity index (χ3n) is 3.94. The van der Waals surface area contributed by atoms with Gasteiger partial charge in [0.05, 0.1) is 6.61 Å². The van der Waals surface area contributed by atoms with Crippen molar-refractivity contribution in [3.63, 3.8) is 0 Å². The molecule has 1 saturated heterocycles. The molecule has 2 unspecified atom stereocenters. The van der Waals surface area contributed by atoms with E-state index < -0.39 is 0 Å². The van der Waals surface area contributed by atoms with Crippen LogP contribution >= 0.6 is 0 Å².